The first-order valence-electron chi connectivity index (χ1n) is 9.05. The molecule has 1 aromatic carbocycles. The number of imidazole rings is 1. The number of thiazole rings is 1. The molecule has 1 aliphatic heterocycles. The van der Waals surface area contributed by atoms with Crippen molar-refractivity contribution in [2.75, 3.05) is 13.7 Å². The molecular weight excluding hydrogens is 346 g/mol. The van der Waals surface area contributed by atoms with Crippen molar-refractivity contribution in [1.82, 2.24) is 14.3 Å². The highest BCUT2D eigenvalue weighted by Crippen LogP contribution is 2.26. The molecule has 0 spiro atoms. The average Bonchev–Trinajstić information content (AvgIpc) is 3.24. The van der Waals surface area contributed by atoms with Crippen LogP contribution in [0.1, 0.15) is 31.9 Å². The topological polar surface area (TPSA) is 46.8 Å². The van der Waals surface area contributed by atoms with E-state index in [0.29, 0.717) is 12.5 Å². The Labute approximate surface area is 157 Å². The van der Waals surface area contributed by atoms with Gasteiger partial charge in [-0.25, -0.2) is 4.98 Å². The van der Waals surface area contributed by atoms with Crippen molar-refractivity contribution in [3.8, 4) is 17.0 Å². The number of nitrogens with zero attached hydrogens (tertiary/aromatic N) is 3. The van der Waals surface area contributed by atoms with Gasteiger partial charge in [-0.1, -0.05) is 0 Å². The van der Waals surface area contributed by atoms with Gasteiger partial charge in [-0.2, -0.15) is 0 Å². The third-order valence-corrected chi connectivity index (χ3v) is 6.01. The van der Waals surface area contributed by atoms with Gasteiger partial charge in [0.2, 0.25) is 5.91 Å². The number of hydrogen-bond donors (Lipinski definition) is 0. The standard InChI is InChI=1S/C20H23N3O2S/c1-14-5-3-4-10-22(14)19(24)11-16-13-26-20-21-18(12-23(16)20)15-6-8-17(25-2)9-7-15/h6-9,12-14H,3-5,10-11H2,1-2H3. The highest BCUT2D eigenvalue weighted by atomic mass is 32.1. The number of amides is 1. The zero-order valence-corrected chi connectivity index (χ0v) is 16.0. The number of benzene rings is 1. The molecule has 0 radical (unpaired) electrons. The number of fused-ring (bicyclic) bond motifs is 1. The van der Waals surface area contributed by atoms with Crippen LogP contribution in [0.3, 0.4) is 0 Å². The average molecular weight is 369 g/mol. The van der Waals surface area contributed by atoms with Crippen molar-refractivity contribution < 1.29 is 9.53 Å². The van der Waals surface area contributed by atoms with E-state index in [0.717, 1.165) is 47.0 Å². The van der Waals surface area contributed by atoms with Crippen LogP contribution < -0.4 is 4.74 Å². The summed E-state index contributed by atoms with van der Waals surface area (Å²) in [5.74, 6) is 1.05. The van der Waals surface area contributed by atoms with Crippen LogP contribution in [0.2, 0.25) is 0 Å². The maximum Gasteiger partial charge on any atom is 0.228 e. The molecule has 0 bridgehead atoms. The molecule has 4 rings (SSSR count). The maximum absolute atomic E-state index is 12.7. The fraction of sp³-hybridized carbons (Fsp3) is 0.400. The second-order valence-corrected chi connectivity index (χ2v) is 7.68. The Hall–Kier alpha value is -2.34. The van der Waals surface area contributed by atoms with Crippen molar-refractivity contribution >= 4 is 22.2 Å². The minimum atomic E-state index is 0.219. The monoisotopic (exact) mass is 369 g/mol. The molecule has 1 aliphatic rings. The zero-order valence-electron chi connectivity index (χ0n) is 15.1. The number of methoxy groups -OCH3 is 1. The van der Waals surface area contributed by atoms with Crippen LogP contribution in [0.15, 0.2) is 35.8 Å². The van der Waals surface area contributed by atoms with Crippen LogP contribution >= 0.6 is 11.3 Å². The SMILES string of the molecule is COc1ccc(-c2cn3c(CC(=O)N4CCCCC4C)csc3n2)cc1. The van der Waals surface area contributed by atoms with Crippen molar-refractivity contribution in [1.29, 1.82) is 0 Å². The summed E-state index contributed by atoms with van der Waals surface area (Å²) in [6, 6.07) is 8.23. The first-order chi connectivity index (χ1) is 12.7. The Balaban J connectivity index is 1.56. The largest absolute Gasteiger partial charge is 0.497 e. The highest BCUT2D eigenvalue weighted by molar-refractivity contribution is 7.15. The molecule has 1 amide bonds. The normalized spacial score (nSPS) is 17.6. The maximum atomic E-state index is 12.7. The van der Waals surface area contributed by atoms with E-state index < -0.39 is 0 Å². The number of piperidine rings is 1. The van der Waals surface area contributed by atoms with Gasteiger partial charge < -0.3 is 9.64 Å². The quantitative estimate of drug-likeness (QED) is 0.698. The number of aromatic nitrogens is 2. The third kappa shape index (κ3) is 3.21. The smallest absolute Gasteiger partial charge is 0.228 e. The van der Waals surface area contributed by atoms with Crippen LogP contribution in [-0.4, -0.2) is 39.9 Å². The molecule has 2 aromatic heterocycles. The number of carbonyl (C=O) groups excluding carboxylic acids is 1. The summed E-state index contributed by atoms with van der Waals surface area (Å²) in [6.07, 6.45) is 5.90. The molecule has 5 nitrogen and oxygen atoms in total. The summed E-state index contributed by atoms with van der Waals surface area (Å²) >= 11 is 1.58. The van der Waals surface area contributed by atoms with Crippen LogP contribution in [-0.2, 0) is 11.2 Å². The van der Waals surface area contributed by atoms with Gasteiger partial charge in [0.15, 0.2) is 4.96 Å². The van der Waals surface area contributed by atoms with E-state index in [-0.39, 0.29) is 5.91 Å². The summed E-state index contributed by atoms with van der Waals surface area (Å²) in [6.45, 7) is 3.04. The lowest BCUT2D eigenvalue weighted by Gasteiger charge is -2.33. The van der Waals surface area contributed by atoms with Gasteiger partial charge in [0.1, 0.15) is 5.75 Å². The van der Waals surface area contributed by atoms with Gasteiger partial charge in [-0.15, -0.1) is 11.3 Å². The Kier molecular flexibility index (Phi) is 4.68. The van der Waals surface area contributed by atoms with Crippen LogP contribution in [0.5, 0.6) is 5.75 Å². The molecule has 6 heteroatoms. The molecule has 1 saturated heterocycles. The predicted octanol–water partition coefficient (Wildman–Crippen LogP) is 4.01. The lowest BCUT2D eigenvalue weighted by atomic mass is 10.0. The van der Waals surface area contributed by atoms with Crippen LogP contribution in [0, 0.1) is 0 Å². The van der Waals surface area contributed by atoms with Gasteiger partial charge in [0, 0.05) is 35.4 Å². The summed E-state index contributed by atoms with van der Waals surface area (Å²) < 4.78 is 7.26. The number of hydrogen-bond acceptors (Lipinski definition) is 4. The molecule has 26 heavy (non-hydrogen) atoms. The van der Waals surface area contributed by atoms with E-state index in [1.54, 1.807) is 18.4 Å². The molecular formula is C20H23N3O2S. The Morgan fingerprint density at radius 2 is 2.12 bits per heavy atom. The van der Waals surface area contributed by atoms with Gasteiger partial charge in [-0.05, 0) is 50.5 Å². The van der Waals surface area contributed by atoms with E-state index in [9.17, 15) is 4.79 Å². The van der Waals surface area contributed by atoms with Crippen molar-refractivity contribution in [2.45, 2.75) is 38.6 Å². The summed E-state index contributed by atoms with van der Waals surface area (Å²) in [4.78, 5) is 20.4. The Morgan fingerprint density at radius 1 is 1.31 bits per heavy atom. The molecule has 0 N–H and O–H groups in total. The van der Waals surface area contributed by atoms with Crippen LogP contribution in [0.4, 0.5) is 0 Å². The Morgan fingerprint density at radius 3 is 2.85 bits per heavy atom. The van der Waals surface area contributed by atoms with Crippen molar-refractivity contribution in [2.24, 2.45) is 0 Å². The molecule has 3 heterocycles. The molecule has 0 saturated carbocycles. The fourth-order valence-corrected chi connectivity index (χ4v) is 4.46. The van der Waals surface area contributed by atoms with Gasteiger partial charge in [-0.3, -0.25) is 9.20 Å². The minimum Gasteiger partial charge on any atom is -0.497 e. The molecule has 1 unspecified atom stereocenters. The second-order valence-electron chi connectivity index (χ2n) is 6.84. The van der Waals surface area contributed by atoms with Crippen LogP contribution in [0.25, 0.3) is 16.2 Å². The number of rotatable bonds is 4. The summed E-state index contributed by atoms with van der Waals surface area (Å²) in [7, 11) is 1.66. The van der Waals surface area contributed by atoms with Crippen molar-refractivity contribution in [3.05, 3.63) is 41.5 Å². The van der Waals surface area contributed by atoms with E-state index in [1.165, 1.54) is 6.42 Å². The molecule has 1 fully saturated rings. The lowest BCUT2D eigenvalue weighted by molar-refractivity contribution is -0.133. The molecule has 3 aromatic rings. The third-order valence-electron chi connectivity index (χ3n) is 5.12. The number of ether oxygens (including phenoxy) is 1. The molecule has 0 aliphatic carbocycles. The summed E-state index contributed by atoms with van der Waals surface area (Å²) in [5, 5.41) is 2.05. The van der Waals surface area contributed by atoms with E-state index in [4.69, 9.17) is 9.72 Å². The minimum absolute atomic E-state index is 0.219. The first kappa shape index (κ1) is 17.1. The second kappa shape index (κ2) is 7.11. The van der Waals surface area contributed by atoms with Gasteiger partial charge in [0.25, 0.3) is 0 Å². The zero-order chi connectivity index (χ0) is 18.1. The Bertz CT molecular complexity index is 913. The van der Waals surface area contributed by atoms with E-state index >= 15 is 0 Å². The van der Waals surface area contributed by atoms with Gasteiger partial charge >= 0.3 is 0 Å². The summed E-state index contributed by atoms with van der Waals surface area (Å²) in [5.41, 5.74) is 2.98. The predicted molar refractivity (Wildman–Crippen MR) is 104 cm³/mol. The molecule has 136 valence electrons. The number of carbonyl (C=O) groups is 1. The van der Waals surface area contributed by atoms with E-state index in [1.807, 2.05) is 40.7 Å². The fourth-order valence-electron chi connectivity index (χ4n) is 3.58. The first-order valence-corrected chi connectivity index (χ1v) is 9.93. The van der Waals surface area contributed by atoms with Gasteiger partial charge in [0.05, 0.1) is 19.2 Å². The van der Waals surface area contributed by atoms with Crippen molar-refractivity contribution in [3.63, 3.8) is 0 Å². The number of likely N-dealkylation sites (tertiary alicyclic amines) is 1. The highest BCUT2D eigenvalue weighted by Gasteiger charge is 2.24. The lowest BCUT2D eigenvalue weighted by Crippen LogP contribution is -2.42. The molecule has 1 atom stereocenters. The van der Waals surface area contributed by atoms with E-state index in [2.05, 4.69) is 11.3 Å².